The van der Waals surface area contributed by atoms with Crippen molar-refractivity contribution in [2.24, 2.45) is 0 Å². The minimum atomic E-state index is -0.978. The van der Waals surface area contributed by atoms with Crippen molar-refractivity contribution in [1.29, 1.82) is 0 Å². The lowest BCUT2D eigenvalue weighted by Gasteiger charge is -2.24. The van der Waals surface area contributed by atoms with Crippen molar-refractivity contribution in [2.75, 3.05) is 11.9 Å². The number of nitrogens with one attached hydrogen (secondary N) is 1. The first kappa shape index (κ1) is 14.5. The van der Waals surface area contributed by atoms with Crippen molar-refractivity contribution in [3.8, 4) is 0 Å². The van der Waals surface area contributed by atoms with E-state index in [2.05, 4.69) is 5.32 Å². The quantitative estimate of drug-likeness (QED) is 0.655. The SMILES string of the molecule is Cc1cc([N+](=O)[O-])ccc1NCC(C)(O)c1ccsc1. The molecule has 0 saturated heterocycles. The van der Waals surface area contributed by atoms with Gasteiger partial charge in [-0.1, -0.05) is 0 Å². The number of benzene rings is 1. The summed E-state index contributed by atoms with van der Waals surface area (Å²) in [6.45, 7) is 3.87. The first-order chi connectivity index (χ1) is 9.40. The highest BCUT2D eigenvalue weighted by atomic mass is 32.1. The molecule has 2 N–H and O–H groups in total. The molecule has 6 heteroatoms. The van der Waals surface area contributed by atoms with E-state index in [1.807, 2.05) is 16.8 Å². The van der Waals surface area contributed by atoms with E-state index in [4.69, 9.17) is 0 Å². The third-order valence-corrected chi connectivity index (χ3v) is 3.87. The normalized spacial score (nSPS) is 13.8. The minimum Gasteiger partial charge on any atom is -0.384 e. The second kappa shape index (κ2) is 5.60. The average Bonchev–Trinajstić information content (AvgIpc) is 2.91. The van der Waals surface area contributed by atoms with Crippen molar-refractivity contribution in [2.45, 2.75) is 19.4 Å². The summed E-state index contributed by atoms with van der Waals surface area (Å²) < 4.78 is 0. The van der Waals surface area contributed by atoms with Gasteiger partial charge in [-0.2, -0.15) is 11.3 Å². The molecule has 0 radical (unpaired) electrons. The summed E-state index contributed by atoms with van der Waals surface area (Å²) in [5.74, 6) is 0. The zero-order valence-corrected chi connectivity index (χ0v) is 12.1. The fraction of sp³-hybridized carbons (Fsp3) is 0.286. The number of nitro benzene ring substituents is 1. The van der Waals surface area contributed by atoms with E-state index < -0.39 is 10.5 Å². The van der Waals surface area contributed by atoms with Crippen LogP contribution in [0.4, 0.5) is 11.4 Å². The van der Waals surface area contributed by atoms with Gasteiger partial charge in [-0.3, -0.25) is 10.1 Å². The third-order valence-electron chi connectivity index (χ3n) is 3.19. The Hall–Kier alpha value is -1.92. The molecular formula is C14H16N2O3S. The second-order valence-electron chi connectivity index (χ2n) is 4.90. The second-order valence-corrected chi connectivity index (χ2v) is 5.68. The van der Waals surface area contributed by atoms with Crippen LogP contribution in [0.1, 0.15) is 18.1 Å². The van der Waals surface area contributed by atoms with Crippen molar-refractivity contribution in [3.63, 3.8) is 0 Å². The van der Waals surface area contributed by atoms with Gasteiger partial charge in [0, 0.05) is 24.4 Å². The predicted molar refractivity (Wildman–Crippen MR) is 80.2 cm³/mol. The van der Waals surface area contributed by atoms with E-state index in [1.54, 1.807) is 19.9 Å². The molecule has 0 aliphatic carbocycles. The molecule has 0 aliphatic rings. The summed E-state index contributed by atoms with van der Waals surface area (Å²) in [4.78, 5) is 10.3. The number of aliphatic hydroxyl groups is 1. The fourth-order valence-corrected chi connectivity index (χ4v) is 2.68. The van der Waals surface area contributed by atoms with Crippen LogP contribution in [0.5, 0.6) is 0 Å². The molecule has 2 rings (SSSR count). The van der Waals surface area contributed by atoms with Gasteiger partial charge in [-0.25, -0.2) is 0 Å². The van der Waals surface area contributed by atoms with Gasteiger partial charge in [-0.05, 0) is 47.9 Å². The molecule has 0 saturated carbocycles. The maximum Gasteiger partial charge on any atom is 0.269 e. The van der Waals surface area contributed by atoms with Gasteiger partial charge in [-0.15, -0.1) is 0 Å². The zero-order chi connectivity index (χ0) is 14.8. The van der Waals surface area contributed by atoms with Gasteiger partial charge < -0.3 is 10.4 Å². The van der Waals surface area contributed by atoms with Crippen LogP contribution in [0.2, 0.25) is 0 Å². The third kappa shape index (κ3) is 3.15. The van der Waals surface area contributed by atoms with Gasteiger partial charge >= 0.3 is 0 Å². The number of hydrogen-bond acceptors (Lipinski definition) is 5. The molecule has 5 nitrogen and oxygen atoms in total. The minimum absolute atomic E-state index is 0.0673. The topological polar surface area (TPSA) is 75.4 Å². The van der Waals surface area contributed by atoms with Crippen molar-refractivity contribution in [1.82, 2.24) is 0 Å². The highest BCUT2D eigenvalue weighted by molar-refractivity contribution is 7.08. The number of rotatable bonds is 5. The smallest absolute Gasteiger partial charge is 0.269 e. The van der Waals surface area contributed by atoms with Crippen molar-refractivity contribution >= 4 is 22.7 Å². The zero-order valence-electron chi connectivity index (χ0n) is 11.3. The highest BCUT2D eigenvalue weighted by Crippen LogP contribution is 2.26. The molecule has 1 heterocycles. The van der Waals surface area contributed by atoms with Crippen molar-refractivity contribution in [3.05, 3.63) is 56.3 Å². The van der Waals surface area contributed by atoms with Gasteiger partial charge in [0.1, 0.15) is 5.60 Å². The molecule has 0 bridgehead atoms. The lowest BCUT2D eigenvalue weighted by atomic mass is 9.99. The Morgan fingerprint density at radius 2 is 2.20 bits per heavy atom. The number of thiophene rings is 1. The van der Waals surface area contributed by atoms with Gasteiger partial charge in [0.05, 0.1) is 4.92 Å². The molecule has 1 aromatic heterocycles. The Morgan fingerprint density at radius 3 is 2.75 bits per heavy atom. The average molecular weight is 292 g/mol. The van der Waals surface area contributed by atoms with Crippen LogP contribution in [0.25, 0.3) is 0 Å². The number of nitrogens with zero attached hydrogens (tertiary/aromatic N) is 1. The number of nitro groups is 1. The molecule has 1 aromatic carbocycles. The molecule has 0 fully saturated rings. The molecule has 1 atom stereocenters. The molecule has 0 amide bonds. The Bertz CT molecular complexity index is 609. The predicted octanol–water partition coefficient (Wildman–Crippen LogP) is 3.28. The summed E-state index contributed by atoms with van der Waals surface area (Å²) >= 11 is 1.53. The van der Waals surface area contributed by atoms with Crippen LogP contribution < -0.4 is 5.32 Å². The summed E-state index contributed by atoms with van der Waals surface area (Å²) in [6.07, 6.45) is 0. The molecule has 1 unspecified atom stereocenters. The van der Waals surface area contributed by atoms with E-state index in [0.717, 1.165) is 16.8 Å². The molecular weight excluding hydrogens is 276 g/mol. The van der Waals surface area contributed by atoms with Crippen LogP contribution >= 0.6 is 11.3 Å². The van der Waals surface area contributed by atoms with Crippen LogP contribution in [-0.2, 0) is 5.60 Å². The number of hydrogen-bond donors (Lipinski definition) is 2. The van der Waals surface area contributed by atoms with Crippen LogP contribution in [-0.4, -0.2) is 16.6 Å². The lowest BCUT2D eigenvalue weighted by molar-refractivity contribution is -0.384. The summed E-state index contributed by atoms with van der Waals surface area (Å²) in [5, 5.41) is 28.1. The number of aryl methyl sites for hydroxylation is 1. The monoisotopic (exact) mass is 292 g/mol. The fourth-order valence-electron chi connectivity index (χ4n) is 1.90. The van der Waals surface area contributed by atoms with E-state index >= 15 is 0 Å². The maximum absolute atomic E-state index is 10.7. The summed E-state index contributed by atoms with van der Waals surface area (Å²) in [7, 11) is 0. The van der Waals surface area contributed by atoms with Crippen LogP contribution in [0, 0.1) is 17.0 Å². The standard InChI is InChI=1S/C14H16N2O3S/c1-10-7-12(16(18)19)3-4-13(10)15-9-14(2,17)11-5-6-20-8-11/h3-8,15,17H,9H2,1-2H3. The van der Waals surface area contributed by atoms with Crippen LogP contribution in [0.3, 0.4) is 0 Å². The Kier molecular flexibility index (Phi) is 4.06. The Morgan fingerprint density at radius 1 is 1.45 bits per heavy atom. The van der Waals surface area contributed by atoms with E-state index in [-0.39, 0.29) is 5.69 Å². The van der Waals surface area contributed by atoms with E-state index in [1.165, 1.54) is 23.5 Å². The lowest BCUT2D eigenvalue weighted by Crippen LogP contribution is -2.30. The number of non-ortho nitro benzene ring substituents is 1. The summed E-state index contributed by atoms with van der Waals surface area (Å²) in [5.41, 5.74) is 1.51. The van der Waals surface area contributed by atoms with E-state index in [0.29, 0.717) is 6.54 Å². The largest absolute Gasteiger partial charge is 0.384 e. The first-order valence-electron chi connectivity index (χ1n) is 6.14. The van der Waals surface area contributed by atoms with Gasteiger partial charge in [0.15, 0.2) is 0 Å². The van der Waals surface area contributed by atoms with Crippen molar-refractivity contribution < 1.29 is 10.0 Å². The van der Waals surface area contributed by atoms with Crippen LogP contribution in [0.15, 0.2) is 35.0 Å². The first-order valence-corrected chi connectivity index (χ1v) is 7.08. The van der Waals surface area contributed by atoms with Gasteiger partial charge in [0.2, 0.25) is 0 Å². The number of anilines is 1. The van der Waals surface area contributed by atoms with Gasteiger partial charge in [0.25, 0.3) is 5.69 Å². The Balaban J connectivity index is 2.10. The molecule has 0 spiro atoms. The molecule has 106 valence electrons. The maximum atomic E-state index is 10.7. The molecule has 20 heavy (non-hydrogen) atoms. The molecule has 0 aliphatic heterocycles. The summed E-state index contributed by atoms with van der Waals surface area (Å²) in [6, 6.07) is 6.52. The van der Waals surface area contributed by atoms with E-state index in [9.17, 15) is 15.2 Å². The Labute approximate surface area is 121 Å². The highest BCUT2D eigenvalue weighted by Gasteiger charge is 2.23. The molecule has 2 aromatic rings.